The van der Waals surface area contributed by atoms with Gasteiger partial charge in [0.2, 0.25) is 5.91 Å². The van der Waals surface area contributed by atoms with Gasteiger partial charge < -0.3 is 25.4 Å². The number of likely N-dealkylation sites (tertiary alicyclic amines) is 1. The average Bonchev–Trinajstić information content (AvgIpc) is 3.24. The number of hydrogen-bond donors (Lipinski definition) is 4. The van der Waals surface area contributed by atoms with Crippen LogP contribution in [0.15, 0.2) is 72.8 Å². The van der Waals surface area contributed by atoms with E-state index in [0.717, 1.165) is 12.0 Å². The molecule has 1 heterocycles. The van der Waals surface area contributed by atoms with Gasteiger partial charge >= 0.3 is 6.09 Å². The number of nitrogens with one attached hydrogen (secondary N) is 3. The van der Waals surface area contributed by atoms with E-state index < -0.39 is 23.2 Å². The predicted molar refractivity (Wildman–Crippen MR) is 151 cm³/mol. The Morgan fingerprint density at radius 1 is 1.10 bits per heavy atom. The summed E-state index contributed by atoms with van der Waals surface area (Å²) in [6, 6.07) is 18.2. The van der Waals surface area contributed by atoms with E-state index in [2.05, 4.69) is 16.0 Å². The summed E-state index contributed by atoms with van der Waals surface area (Å²) in [5.74, 6) is -1.35. The van der Waals surface area contributed by atoms with E-state index in [0.29, 0.717) is 41.5 Å². The molecule has 1 fully saturated rings. The van der Waals surface area contributed by atoms with E-state index >= 15 is 4.39 Å². The number of rotatable bonds is 9. The first kappa shape index (κ1) is 27.8. The number of nitrogens with zero attached hydrogens (tertiary/aromatic N) is 1. The molecule has 3 aromatic rings. The lowest BCUT2D eigenvalue weighted by Crippen LogP contribution is -2.38. The number of likely N-dealkylation sites (N-methyl/N-ethyl adjacent to an activating group) is 1. The molecule has 1 aliphatic heterocycles. The summed E-state index contributed by atoms with van der Waals surface area (Å²) >= 11 is 5.96. The molecule has 3 aromatic carbocycles. The highest BCUT2D eigenvalue weighted by atomic mass is 35.5. The minimum Gasteiger partial charge on any atom is -0.465 e. The van der Waals surface area contributed by atoms with E-state index in [1.807, 2.05) is 24.1 Å². The summed E-state index contributed by atoms with van der Waals surface area (Å²) < 4.78 is 15.4. The Labute approximate surface area is 230 Å². The number of carboxylic acid groups (broad SMARTS) is 1. The highest BCUT2D eigenvalue weighted by molar-refractivity contribution is 6.30. The van der Waals surface area contributed by atoms with Crippen molar-refractivity contribution in [1.82, 2.24) is 4.90 Å². The van der Waals surface area contributed by atoms with Gasteiger partial charge in [-0.05, 0) is 66.7 Å². The van der Waals surface area contributed by atoms with Gasteiger partial charge in [0.1, 0.15) is 12.1 Å². The minimum absolute atomic E-state index is 0.230. The van der Waals surface area contributed by atoms with E-state index in [-0.39, 0.29) is 11.6 Å². The highest BCUT2D eigenvalue weighted by Crippen LogP contribution is 2.42. The zero-order valence-electron chi connectivity index (χ0n) is 21.2. The first-order valence-corrected chi connectivity index (χ1v) is 12.6. The minimum atomic E-state index is -1.25. The van der Waals surface area contributed by atoms with Crippen LogP contribution in [0.4, 0.5) is 26.2 Å². The maximum absolute atomic E-state index is 15.4. The molecule has 0 bridgehead atoms. The Hall–Kier alpha value is -4.21. The molecule has 0 spiro atoms. The number of halogens is 2. The zero-order valence-corrected chi connectivity index (χ0v) is 21.9. The van der Waals surface area contributed by atoms with Crippen LogP contribution in [0.5, 0.6) is 0 Å². The fraction of sp³-hybridized carbons (Fsp3) is 0.207. The third-order valence-electron chi connectivity index (χ3n) is 6.71. The summed E-state index contributed by atoms with van der Waals surface area (Å²) in [7, 11) is 1.90. The van der Waals surface area contributed by atoms with Gasteiger partial charge in [0.25, 0.3) is 0 Å². The van der Waals surface area contributed by atoms with E-state index in [1.54, 1.807) is 42.5 Å². The molecule has 1 aliphatic rings. The topological polar surface area (TPSA) is 111 Å². The lowest BCUT2D eigenvalue weighted by Gasteiger charge is -2.30. The van der Waals surface area contributed by atoms with Crippen LogP contribution in [-0.2, 0) is 9.59 Å². The normalized spacial score (nSPS) is 19.1. The molecule has 4 N–H and O–H groups in total. The molecule has 4 rings (SSSR count). The molecule has 202 valence electrons. The highest BCUT2D eigenvalue weighted by Gasteiger charge is 2.47. The average molecular weight is 551 g/mol. The maximum atomic E-state index is 15.4. The van der Waals surface area contributed by atoms with Gasteiger partial charge in [-0.1, -0.05) is 35.9 Å². The Morgan fingerprint density at radius 3 is 2.44 bits per heavy atom. The molecule has 1 saturated heterocycles. The monoisotopic (exact) mass is 550 g/mol. The number of hydrogen-bond acceptors (Lipinski definition) is 5. The fourth-order valence-electron chi connectivity index (χ4n) is 4.85. The van der Waals surface area contributed by atoms with Crippen LogP contribution in [0.1, 0.15) is 17.0 Å². The van der Waals surface area contributed by atoms with E-state index in [4.69, 9.17) is 16.7 Å². The van der Waals surface area contributed by atoms with Crippen molar-refractivity contribution in [2.45, 2.75) is 5.92 Å². The molecular weight excluding hydrogens is 523 g/mol. The van der Waals surface area contributed by atoms with Crippen molar-refractivity contribution >= 4 is 53.0 Å². The van der Waals surface area contributed by atoms with Crippen molar-refractivity contribution in [1.29, 1.82) is 0 Å². The molecule has 2 amide bonds. The summed E-state index contributed by atoms with van der Waals surface area (Å²) in [4.78, 5) is 37.8. The number of benzene rings is 3. The van der Waals surface area contributed by atoms with Crippen molar-refractivity contribution in [3.8, 4) is 0 Å². The lowest BCUT2D eigenvalue weighted by atomic mass is 9.75. The molecule has 2 atom stereocenters. The van der Waals surface area contributed by atoms with Crippen LogP contribution in [0.25, 0.3) is 6.08 Å². The molecule has 0 saturated carbocycles. The van der Waals surface area contributed by atoms with Gasteiger partial charge in [-0.2, -0.15) is 0 Å². The number of para-hydroxylation sites is 2. The molecular formula is C29H28ClFN4O4. The van der Waals surface area contributed by atoms with E-state index in [9.17, 15) is 14.4 Å². The van der Waals surface area contributed by atoms with Gasteiger partial charge in [-0.3, -0.25) is 10.1 Å². The Bertz CT molecular complexity index is 1400. The number of amides is 2. The third kappa shape index (κ3) is 6.81. The van der Waals surface area contributed by atoms with Crippen molar-refractivity contribution in [2.24, 2.45) is 5.41 Å². The first-order valence-electron chi connectivity index (χ1n) is 12.2. The largest absolute Gasteiger partial charge is 0.465 e. The first-order chi connectivity index (χ1) is 18.7. The van der Waals surface area contributed by atoms with Crippen LogP contribution in [-0.4, -0.2) is 55.0 Å². The molecule has 10 heteroatoms. The van der Waals surface area contributed by atoms with Crippen LogP contribution >= 0.6 is 11.6 Å². The molecule has 8 nitrogen and oxygen atoms in total. The van der Waals surface area contributed by atoms with Gasteiger partial charge in [0.15, 0.2) is 0 Å². The molecule has 2 unspecified atom stereocenters. The molecule has 0 aliphatic carbocycles. The number of carbonyl (C=O) groups excluding carboxylic acids is 2. The van der Waals surface area contributed by atoms with Crippen molar-refractivity contribution in [2.75, 3.05) is 42.6 Å². The second-order valence-electron chi connectivity index (χ2n) is 9.54. The van der Waals surface area contributed by atoms with Crippen molar-refractivity contribution in [3.05, 3.63) is 94.8 Å². The third-order valence-corrected chi connectivity index (χ3v) is 6.96. The number of carbonyl (C=O) groups is 3. The summed E-state index contributed by atoms with van der Waals surface area (Å²) in [5.41, 5.74) is 1.38. The van der Waals surface area contributed by atoms with Crippen LogP contribution in [0.2, 0.25) is 5.02 Å². The van der Waals surface area contributed by atoms with Crippen LogP contribution in [0, 0.1) is 11.2 Å². The molecule has 0 aromatic heterocycles. The Kier molecular flexibility index (Phi) is 8.63. The van der Waals surface area contributed by atoms with Gasteiger partial charge in [-0.15, -0.1) is 0 Å². The second kappa shape index (κ2) is 12.1. The van der Waals surface area contributed by atoms with Gasteiger partial charge in [-0.25, -0.2) is 9.18 Å². The van der Waals surface area contributed by atoms with Gasteiger partial charge in [0, 0.05) is 42.3 Å². The SMILES string of the molecule is CN1CC(c2ccc(/C=C/C(=O)Nc3ccccc3NC(=O)O)cc2F)C(C=O)(CNc2ccc(Cl)cc2)C1. The molecule has 39 heavy (non-hydrogen) atoms. The van der Waals surface area contributed by atoms with Gasteiger partial charge in [0.05, 0.1) is 16.8 Å². The Balaban J connectivity index is 1.48. The number of anilines is 3. The lowest BCUT2D eigenvalue weighted by molar-refractivity contribution is -0.115. The van der Waals surface area contributed by atoms with Crippen LogP contribution in [0.3, 0.4) is 0 Å². The quantitative estimate of drug-likeness (QED) is 0.205. The predicted octanol–water partition coefficient (Wildman–Crippen LogP) is 5.55. The molecule has 0 radical (unpaired) electrons. The van der Waals surface area contributed by atoms with E-state index in [1.165, 1.54) is 24.3 Å². The summed E-state index contributed by atoms with van der Waals surface area (Å²) in [6.45, 7) is 1.31. The zero-order chi connectivity index (χ0) is 28.0. The Morgan fingerprint density at radius 2 is 1.79 bits per heavy atom. The smallest absolute Gasteiger partial charge is 0.409 e. The maximum Gasteiger partial charge on any atom is 0.409 e. The summed E-state index contributed by atoms with van der Waals surface area (Å²) in [5, 5.41) is 17.7. The standard InChI is InChI=1S/C29H28ClFN4O4/c1-35-15-23(29(17-35,18-36)16-32-21-10-8-20(30)9-11-21)22-12-6-19(14-24(22)31)7-13-27(37)33-25-4-2-3-5-26(25)34-28(38)39/h2-14,18,23,32,34H,15-17H2,1H3,(H,33,37)(H,38,39)/b13-7+. The van der Waals surface area contributed by atoms with Crippen molar-refractivity contribution in [3.63, 3.8) is 0 Å². The fourth-order valence-corrected chi connectivity index (χ4v) is 4.97. The second-order valence-corrected chi connectivity index (χ2v) is 9.98. The summed E-state index contributed by atoms with van der Waals surface area (Å²) in [6.07, 6.45) is 2.36. The van der Waals surface area contributed by atoms with Crippen molar-refractivity contribution < 1.29 is 23.9 Å². The van der Waals surface area contributed by atoms with Crippen LogP contribution < -0.4 is 16.0 Å². The number of aldehydes is 1.